The maximum Gasteiger partial charge on any atom is 0.0461 e. The van der Waals surface area contributed by atoms with Crippen molar-refractivity contribution >= 4 is 11.4 Å². The van der Waals surface area contributed by atoms with Crippen LogP contribution in [0.1, 0.15) is 84.1 Å². The summed E-state index contributed by atoms with van der Waals surface area (Å²) in [5.41, 5.74) is 7.69. The molecule has 0 fully saturated rings. The summed E-state index contributed by atoms with van der Waals surface area (Å²) < 4.78 is 0. The van der Waals surface area contributed by atoms with Gasteiger partial charge in [0.25, 0.3) is 0 Å². The molecule has 0 aliphatic heterocycles. The maximum absolute atomic E-state index is 2.49. The van der Waals surface area contributed by atoms with Crippen molar-refractivity contribution in [1.29, 1.82) is 0 Å². The standard InChI is InChI=1S/C37H47N/c1-4-6-8-11-15-31-19-24-35(25-20-31)38(36-26-22-34(23-27-36)33-17-13-10-14-18-33)37-28-21-32(30(3)29-37)16-12-9-7-5-2/h10,13-14,17-30,32H,4-9,11-12,15-16H2,1-3H3. The van der Waals surface area contributed by atoms with Crippen LogP contribution in [0.2, 0.25) is 0 Å². The molecule has 1 nitrogen and oxygen atoms in total. The Hall–Kier alpha value is -3.06. The molecule has 200 valence electrons. The molecule has 0 bridgehead atoms. The lowest BCUT2D eigenvalue weighted by molar-refractivity contribution is 0.442. The minimum atomic E-state index is 0.542. The average molecular weight is 506 g/mol. The molecule has 0 aromatic heterocycles. The van der Waals surface area contributed by atoms with Gasteiger partial charge in [-0.05, 0) is 78.1 Å². The third kappa shape index (κ3) is 7.73. The second-order valence-corrected chi connectivity index (χ2v) is 11.0. The topological polar surface area (TPSA) is 3.24 Å². The second-order valence-electron chi connectivity index (χ2n) is 11.0. The molecule has 3 aromatic carbocycles. The number of nitrogens with zero attached hydrogens (tertiary/aromatic N) is 1. The van der Waals surface area contributed by atoms with Gasteiger partial charge in [-0.25, -0.2) is 0 Å². The Morgan fingerprint density at radius 2 is 1.24 bits per heavy atom. The van der Waals surface area contributed by atoms with Gasteiger partial charge in [0, 0.05) is 17.1 Å². The summed E-state index contributed by atoms with van der Waals surface area (Å²) in [6.07, 6.45) is 20.4. The Labute approximate surface area is 232 Å². The van der Waals surface area contributed by atoms with Gasteiger partial charge in [0.05, 0.1) is 0 Å². The Bertz CT molecular complexity index is 1140. The van der Waals surface area contributed by atoms with Crippen molar-refractivity contribution in [3.8, 4) is 11.1 Å². The lowest BCUT2D eigenvalue weighted by atomic mass is 9.84. The van der Waals surface area contributed by atoms with Crippen molar-refractivity contribution in [2.45, 2.75) is 85.0 Å². The molecule has 3 aromatic rings. The SMILES string of the molecule is CCCCCCc1ccc(N(C2=CC(C)C(CCCCCC)C=C2)c2ccc(-c3ccccc3)cc2)cc1. The first kappa shape index (κ1) is 28.0. The highest BCUT2D eigenvalue weighted by atomic mass is 15.1. The first-order chi connectivity index (χ1) is 18.7. The van der Waals surface area contributed by atoms with Gasteiger partial charge in [0.1, 0.15) is 0 Å². The van der Waals surface area contributed by atoms with Crippen LogP contribution in [0.3, 0.4) is 0 Å². The van der Waals surface area contributed by atoms with Crippen LogP contribution in [0, 0.1) is 11.8 Å². The van der Waals surface area contributed by atoms with Crippen molar-refractivity contribution in [1.82, 2.24) is 0 Å². The molecule has 0 amide bonds. The number of rotatable bonds is 14. The van der Waals surface area contributed by atoms with Crippen molar-refractivity contribution in [2.24, 2.45) is 11.8 Å². The first-order valence-corrected chi connectivity index (χ1v) is 15.1. The van der Waals surface area contributed by atoms with Gasteiger partial charge in [0.15, 0.2) is 0 Å². The van der Waals surface area contributed by atoms with Crippen LogP contribution in [0.4, 0.5) is 11.4 Å². The van der Waals surface area contributed by atoms with Crippen molar-refractivity contribution in [3.05, 3.63) is 108 Å². The molecule has 1 aliphatic carbocycles. The molecule has 2 unspecified atom stereocenters. The Balaban J connectivity index is 1.56. The minimum absolute atomic E-state index is 0.542. The minimum Gasteiger partial charge on any atom is -0.311 e. The van der Waals surface area contributed by atoms with Crippen molar-refractivity contribution in [2.75, 3.05) is 4.90 Å². The van der Waals surface area contributed by atoms with E-state index in [-0.39, 0.29) is 0 Å². The van der Waals surface area contributed by atoms with E-state index in [1.165, 1.54) is 98.0 Å². The molecular formula is C37H47N. The predicted octanol–water partition coefficient (Wildman–Crippen LogP) is 11.3. The number of anilines is 2. The molecule has 0 heterocycles. The molecule has 2 atom stereocenters. The number of unbranched alkanes of at least 4 members (excludes halogenated alkanes) is 6. The van der Waals surface area contributed by atoms with Crippen LogP contribution in [0.15, 0.2) is 103 Å². The van der Waals surface area contributed by atoms with Crippen LogP contribution >= 0.6 is 0 Å². The summed E-state index contributed by atoms with van der Waals surface area (Å²) in [6, 6.07) is 29.0. The highest BCUT2D eigenvalue weighted by molar-refractivity contribution is 5.74. The highest BCUT2D eigenvalue weighted by Crippen LogP contribution is 2.36. The Kier molecular flexibility index (Phi) is 10.9. The Morgan fingerprint density at radius 3 is 1.87 bits per heavy atom. The summed E-state index contributed by atoms with van der Waals surface area (Å²) in [5.74, 6) is 1.18. The van der Waals surface area contributed by atoms with Crippen molar-refractivity contribution < 1.29 is 0 Å². The normalized spacial score (nSPS) is 16.9. The zero-order chi connectivity index (χ0) is 26.6. The molecule has 0 saturated carbocycles. The van der Waals surface area contributed by atoms with Crippen molar-refractivity contribution in [3.63, 3.8) is 0 Å². The molecule has 0 saturated heterocycles. The van der Waals surface area contributed by atoms with Gasteiger partial charge in [-0.3, -0.25) is 0 Å². The number of hydrogen-bond acceptors (Lipinski definition) is 1. The van der Waals surface area contributed by atoms with E-state index in [1.807, 2.05) is 0 Å². The number of benzene rings is 3. The zero-order valence-electron chi connectivity index (χ0n) is 23.9. The van der Waals surface area contributed by atoms with Crippen LogP contribution in [-0.4, -0.2) is 0 Å². The molecule has 0 N–H and O–H groups in total. The van der Waals surface area contributed by atoms with E-state index in [9.17, 15) is 0 Å². The predicted molar refractivity (Wildman–Crippen MR) is 167 cm³/mol. The quantitative estimate of drug-likeness (QED) is 0.197. The third-order valence-corrected chi connectivity index (χ3v) is 8.02. The third-order valence-electron chi connectivity index (χ3n) is 8.02. The Morgan fingerprint density at radius 1 is 0.632 bits per heavy atom. The van der Waals surface area contributed by atoms with Crippen LogP contribution < -0.4 is 4.90 Å². The van der Waals surface area contributed by atoms with E-state index in [0.29, 0.717) is 11.8 Å². The van der Waals surface area contributed by atoms with Gasteiger partial charge in [-0.2, -0.15) is 0 Å². The largest absolute Gasteiger partial charge is 0.311 e. The molecular weight excluding hydrogens is 458 g/mol. The van der Waals surface area contributed by atoms with E-state index < -0.39 is 0 Å². The number of hydrogen-bond donors (Lipinski definition) is 0. The zero-order valence-corrected chi connectivity index (χ0v) is 23.9. The van der Waals surface area contributed by atoms with E-state index in [0.717, 1.165) is 0 Å². The average Bonchev–Trinajstić information content (AvgIpc) is 2.96. The molecule has 0 radical (unpaired) electrons. The molecule has 38 heavy (non-hydrogen) atoms. The van der Waals surface area contributed by atoms with Gasteiger partial charge in [-0.1, -0.05) is 132 Å². The van der Waals surface area contributed by atoms with Crippen LogP contribution in [0.5, 0.6) is 0 Å². The second kappa shape index (κ2) is 14.8. The molecule has 0 spiro atoms. The highest BCUT2D eigenvalue weighted by Gasteiger charge is 2.21. The number of aryl methyl sites for hydroxylation is 1. The van der Waals surface area contributed by atoms with Crippen LogP contribution in [0.25, 0.3) is 11.1 Å². The van der Waals surface area contributed by atoms with Gasteiger partial charge in [0.2, 0.25) is 0 Å². The fraction of sp³-hybridized carbons (Fsp3) is 0.405. The summed E-state index contributed by atoms with van der Waals surface area (Å²) >= 11 is 0. The molecule has 4 rings (SSSR count). The fourth-order valence-corrected chi connectivity index (χ4v) is 5.61. The van der Waals surface area contributed by atoms with Gasteiger partial charge >= 0.3 is 0 Å². The van der Waals surface area contributed by atoms with E-state index >= 15 is 0 Å². The van der Waals surface area contributed by atoms with E-state index in [2.05, 4.69) is 123 Å². The van der Waals surface area contributed by atoms with Gasteiger partial charge < -0.3 is 4.90 Å². The monoisotopic (exact) mass is 505 g/mol. The van der Waals surface area contributed by atoms with Crippen LogP contribution in [-0.2, 0) is 6.42 Å². The van der Waals surface area contributed by atoms with E-state index in [1.54, 1.807) is 0 Å². The first-order valence-electron chi connectivity index (χ1n) is 15.1. The summed E-state index contributed by atoms with van der Waals surface area (Å²) in [7, 11) is 0. The summed E-state index contributed by atoms with van der Waals surface area (Å²) in [4.78, 5) is 2.44. The van der Waals surface area contributed by atoms with E-state index in [4.69, 9.17) is 0 Å². The summed E-state index contributed by atoms with van der Waals surface area (Å²) in [5, 5.41) is 0. The van der Waals surface area contributed by atoms with Gasteiger partial charge in [-0.15, -0.1) is 0 Å². The summed E-state index contributed by atoms with van der Waals surface area (Å²) in [6.45, 7) is 6.96. The lowest BCUT2D eigenvalue weighted by Crippen LogP contribution is -2.20. The number of allylic oxidation sites excluding steroid dienone is 3. The molecule has 1 heteroatoms. The lowest BCUT2D eigenvalue weighted by Gasteiger charge is -2.31. The smallest absolute Gasteiger partial charge is 0.0461 e. The maximum atomic E-state index is 2.49. The fourth-order valence-electron chi connectivity index (χ4n) is 5.61. The molecule has 1 aliphatic rings.